The van der Waals surface area contributed by atoms with Crippen molar-refractivity contribution in [1.29, 1.82) is 0 Å². The van der Waals surface area contributed by atoms with Crippen LogP contribution in [0.15, 0.2) is 24.5 Å². The molecule has 0 aromatic carbocycles. The van der Waals surface area contributed by atoms with Gasteiger partial charge in [-0.3, -0.25) is 9.89 Å². The van der Waals surface area contributed by atoms with Gasteiger partial charge in [0.2, 0.25) is 0 Å². The average Bonchev–Trinajstić information content (AvgIpc) is 2.78. The standard InChI is InChI=1S/C10H11N5O/c1-2-8-5-9(15-14-8)13-10(16)7-3-4-11-12-6-7/h3-6H,2H2,1H3,(H2,13,14,15,16). The maximum absolute atomic E-state index is 11.7. The van der Waals surface area contributed by atoms with Crippen LogP contribution in [0.2, 0.25) is 0 Å². The molecule has 0 unspecified atom stereocenters. The SMILES string of the molecule is CCc1cc(NC(=O)c2ccnnc2)n[nH]1. The number of aromatic amines is 1. The number of anilines is 1. The van der Waals surface area contributed by atoms with Gasteiger partial charge in [0.15, 0.2) is 5.82 Å². The van der Waals surface area contributed by atoms with Gasteiger partial charge in [-0.25, -0.2) is 0 Å². The molecule has 82 valence electrons. The van der Waals surface area contributed by atoms with Crippen LogP contribution < -0.4 is 5.32 Å². The maximum Gasteiger partial charge on any atom is 0.258 e. The molecule has 0 bridgehead atoms. The van der Waals surface area contributed by atoms with Crippen molar-refractivity contribution in [3.63, 3.8) is 0 Å². The predicted octanol–water partition coefficient (Wildman–Crippen LogP) is 1.01. The zero-order chi connectivity index (χ0) is 11.4. The third kappa shape index (κ3) is 2.22. The minimum atomic E-state index is -0.246. The van der Waals surface area contributed by atoms with E-state index in [1.54, 1.807) is 12.1 Å². The molecular weight excluding hydrogens is 206 g/mol. The Bertz CT molecular complexity index is 479. The molecule has 16 heavy (non-hydrogen) atoms. The monoisotopic (exact) mass is 217 g/mol. The first kappa shape index (κ1) is 10.3. The quantitative estimate of drug-likeness (QED) is 0.803. The van der Waals surface area contributed by atoms with Gasteiger partial charge in [0, 0.05) is 11.8 Å². The van der Waals surface area contributed by atoms with Crippen molar-refractivity contribution in [3.05, 3.63) is 35.8 Å². The molecule has 0 aliphatic carbocycles. The lowest BCUT2D eigenvalue weighted by atomic mass is 10.3. The number of carbonyl (C=O) groups is 1. The van der Waals surface area contributed by atoms with E-state index >= 15 is 0 Å². The third-order valence-corrected chi connectivity index (χ3v) is 2.10. The average molecular weight is 217 g/mol. The summed E-state index contributed by atoms with van der Waals surface area (Å²) < 4.78 is 0. The summed E-state index contributed by atoms with van der Waals surface area (Å²) in [4.78, 5) is 11.7. The van der Waals surface area contributed by atoms with Crippen molar-refractivity contribution in [2.24, 2.45) is 0 Å². The first-order chi connectivity index (χ1) is 7.79. The summed E-state index contributed by atoms with van der Waals surface area (Å²) in [5, 5.41) is 16.7. The highest BCUT2D eigenvalue weighted by atomic mass is 16.1. The molecule has 6 nitrogen and oxygen atoms in total. The number of nitrogens with zero attached hydrogens (tertiary/aromatic N) is 3. The highest BCUT2D eigenvalue weighted by Gasteiger charge is 2.07. The smallest absolute Gasteiger partial charge is 0.258 e. The lowest BCUT2D eigenvalue weighted by molar-refractivity contribution is 0.102. The topological polar surface area (TPSA) is 83.6 Å². The Morgan fingerprint density at radius 2 is 2.38 bits per heavy atom. The minimum absolute atomic E-state index is 0.246. The van der Waals surface area contributed by atoms with Gasteiger partial charge < -0.3 is 5.32 Å². The Kier molecular flexibility index (Phi) is 2.90. The van der Waals surface area contributed by atoms with E-state index in [-0.39, 0.29) is 5.91 Å². The van der Waals surface area contributed by atoms with Crippen LogP contribution in [-0.4, -0.2) is 26.3 Å². The van der Waals surface area contributed by atoms with Crippen molar-refractivity contribution >= 4 is 11.7 Å². The molecule has 2 aromatic heterocycles. The van der Waals surface area contributed by atoms with E-state index in [2.05, 4.69) is 25.7 Å². The van der Waals surface area contributed by atoms with E-state index < -0.39 is 0 Å². The van der Waals surface area contributed by atoms with Gasteiger partial charge in [-0.05, 0) is 12.5 Å². The second-order valence-corrected chi connectivity index (χ2v) is 3.22. The zero-order valence-corrected chi connectivity index (χ0v) is 8.77. The maximum atomic E-state index is 11.7. The van der Waals surface area contributed by atoms with Gasteiger partial charge in [0.1, 0.15) is 0 Å². The van der Waals surface area contributed by atoms with Gasteiger partial charge in [-0.2, -0.15) is 15.3 Å². The van der Waals surface area contributed by atoms with Gasteiger partial charge in [0.25, 0.3) is 5.91 Å². The van der Waals surface area contributed by atoms with E-state index in [1.807, 2.05) is 6.92 Å². The summed E-state index contributed by atoms with van der Waals surface area (Å²) in [6.45, 7) is 2.01. The number of amides is 1. The molecule has 6 heteroatoms. The largest absolute Gasteiger partial charge is 0.305 e. The first-order valence-electron chi connectivity index (χ1n) is 4.92. The highest BCUT2D eigenvalue weighted by molar-refractivity contribution is 6.03. The van der Waals surface area contributed by atoms with Crippen LogP contribution in [0.5, 0.6) is 0 Å². The van der Waals surface area contributed by atoms with Crippen LogP contribution in [0.1, 0.15) is 23.0 Å². The molecule has 0 spiro atoms. The van der Waals surface area contributed by atoms with Crippen molar-refractivity contribution in [3.8, 4) is 0 Å². The van der Waals surface area contributed by atoms with Crippen LogP contribution in [0.25, 0.3) is 0 Å². The van der Waals surface area contributed by atoms with Gasteiger partial charge >= 0.3 is 0 Å². The number of hydrogen-bond donors (Lipinski definition) is 2. The van der Waals surface area contributed by atoms with Gasteiger partial charge in [-0.15, -0.1) is 0 Å². The molecule has 0 radical (unpaired) electrons. The fourth-order valence-corrected chi connectivity index (χ4v) is 1.22. The summed E-state index contributed by atoms with van der Waals surface area (Å²) in [6.07, 6.45) is 3.72. The number of hydrogen-bond acceptors (Lipinski definition) is 4. The minimum Gasteiger partial charge on any atom is -0.305 e. The fraction of sp³-hybridized carbons (Fsp3) is 0.200. The molecule has 2 N–H and O–H groups in total. The highest BCUT2D eigenvalue weighted by Crippen LogP contribution is 2.07. The molecule has 0 aliphatic rings. The van der Waals surface area contributed by atoms with Crippen LogP contribution in [0.3, 0.4) is 0 Å². The molecule has 0 saturated heterocycles. The van der Waals surface area contributed by atoms with Crippen LogP contribution in [0.4, 0.5) is 5.82 Å². The summed E-state index contributed by atoms with van der Waals surface area (Å²) in [7, 11) is 0. The van der Waals surface area contributed by atoms with E-state index in [9.17, 15) is 4.79 Å². The molecule has 2 aromatic rings. The summed E-state index contributed by atoms with van der Waals surface area (Å²) >= 11 is 0. The second kappa shape index (κ2) is 4.52. The van der Waals surface area contributed by atoms with E-state index in [1.165, 1.54) is 12.4 Å². The number of rotatable bonds is 3. The van der Waals surface area contributed by atoms with Gasteiger partial charge in [0.05, 0.1) is 18.0 Å². The number of H-pyrrole nitrogens is 1. The number of aromatic nitrogens is 4. The third-order valence-electron chi connectivity index (χ3n) is 2.10. The molecule has 2 heterocycles. The van der Waals surface area contributed by atoms with Crippen molar-refractivity contribution in [2.45, 2.75) is 13.3 Å². The van der Waals surface area contributed by atoms with Crippen molar-refractivity contribution < 1.29 is 4.79 Å². The first-order valence-corrected chi connectivity index (χ1v) is 4.92. The van der Waals surface area contributed by atoms with Crippen molar-refractivity contribution in [1.82, 2.24) is 20.4 Å². The summed E-state index contributed by atoms with van der Waals surface area (Å²) in [5.41, 5.74) is 1.43. The Labute approximate surface area is 92.1 Å². The molecule has 0 saturated carbocycles. The second-order valence-electron chi connectivity index (χ2n) is 3.22. The molecule has 0 fully saturated rings. The van der Waals surface area contributed by atoms with Crippen LogP contribution in [-0.2, 0) is 6.42 Å². The Morgan fingerprint density at radius 3 is 3.00 bits per heavy atom. The number of aryl methyl sites for hydroxylation is 1. The zero-order valence-electron chi connectivity index (χ0n) is 8.77. The van der Waals surface area contributed by atoms with Crippen LogP contribution in [0, 0.1) is 0 Å². The molecule has 2 rings (SSSR count). The van der Waals surface area contributed by atoms with Gasteiger partial charge in [-0.1, -0.05) is 6.92 Å². The number of nitrogens with one attached hydrogen (secondary N) is 2. The lowest BCUT2D eigenvalue weighted by Gasteiger charge is -1.99. The predicted molar refractivity (Wildman–Crippen MR) is 58.0 cm³/mol. The summed E-state index contributed by atoms with van der Waals surface area (Å²) in [6, 6.07) is 3.39. The normalized spacial score (nSPS) is 10.1. The Hall–Kier alpha value is -2.24. The lowest BCUT2D eigenvalue weighted by Crippen LogP contribution is -2.12. The van der Waals surface area contributed by atoms with Crippen molar-refractivity contribution in [2.75, 3.05) is 5.32 Å². The molecule has 0 aliphatic heterocycles. The van der Waals surface area contributed by atoms with E-state index in [4.69, 9.17) is 0 Å². The molecule has 0 atom stereocenters. The fourth-order valence-electron chi connectivity index (χ4n) is 1.22. The summed E-state index contributed by atoms with van der Waals surface area (Å²) in [5.74, 6) is 0.266. The molecule has 1 amide bonds. The Morgan fingerprint density at radius 1 is 1.50 bits per heavy atom. The van der Waals surface area contributed by atoms with Crippen LogP contribution >= 0.6 is 0 Å². The Balaban J connectivity index is 2.08. The molecular formula is C10H11N5O. The van der Waals surface area contributed by atoms with E-state index in [0.29, 0.717) is 11.4 Å². The number of carbonyl (C=O) groups excluding carboxylic acids is 1. The van der Waals surface area contributed by atoms with E-state index in [0.717, 1.165) is 12.1 Å².